The van der Waals surface area contributed by atoms with Gasteiger partial charge in [0.05, 0.1) is 0 Å². The van der Waals surface area contributed by atoms with Gasteiger partial charge in [0, 0.05) is 54.9 Å². The molecule has 2 rings (SSSR count). The Morgan fingerprint density at radius 2 is 1.86 bits per heavy atom. The summed E-state index contributed by atoms with van der Waals surface area (Å²) < 4.78 is 0. The molecule has 0 saturated carbocycles. The molecule has 3 N–H and O–H groups in total. The van der Waals surface area contributed by atoms with E-state index in [0.29, 0.717) is 18.5 Å². The van der Waals surface area contributed by atoms with E-state index in [1.165, 1.54) is 0 Å². The van der Waals surface area contributed by atoms with E-state index in [1.807, 2.05) is 11.8 Å². The molecule has 0 bridgehead atoms. The predicted octanol–water partition coefficient (Wildman–Crippen LogP) is 2.64. The van der Waals surface area contributed by atoms with Gasteiger partial charge in [-0.25, -0.2) is 0 Å². The first kappa shape index (κ1) is 27.0. The highest BCUT2D eigenvalue weighted by molar-refractivity contribution is 7.99. The van der Waals surface area contributed by atoms with Crippen molar-refractivity contribution in [1.29, 1.82) is 0 Å². The van der Waals surface area contributed by atoms with Gasteiger partial charge in [0.2, 0.25) is 5.91 Å². The van der Waals surface area contributed by atoms with Crippen LogP contribution < -0.4 is 16.0 Å². The molecule has 1 unspecified atom stereocenters. The zero-order valence-electron chi connectivity index (χ0n) is 16.5. The van der Waals surface area contributed by atoms with E-state index in [2.05, 4.69) is 34.7 Å². The minimum absolute atomic E-state index is 0. The van der Waals surface area contributed by atoms with Gasteiger partial charge in [-0.1, -0.05) is 13.8 Å². The second-order valence-corrected chi connectivity index (χ2v) is 7.49. The van der Waals surface area contributed by atoms with Crippen molar-refractivity contribution in [3.8, 4) is 0 Å². The fraction of sp³-hybridized carbons (Fsp3) is 0.579. The molecule has 1 aliphatic heterocycles. The van der Waals surface area contributed by atoms with E-state index >= 15 is 0 Å². The average molecular weight is 451 g/mol. The number of nitrogens with zero attached hydrogens (tertiary/aromatic N) is 1. The van der Waals surface area contributed by atoms with Crippen molar-refractivity contribution < 1.29 is 9.59 Å². The summed E-state index contributed by atoms with van der Waals surface area (Å²) in [5.74, 6) is 2.00. The molecular formula is C19H32Cl2N4O2S. The van der Waals surface area contributed by atoms with Gasteiger partial charge in [-0.3, -0.25) is 9.59 Å². The van der Waals surface area contributed by atoms with Crippen LogP contribution in [-0.4, -0.2) is 67.0 Å². The Morgan fingerprint density at radius 1 is 1.18 bits per heavy atom. The number of halogens is 2. The van der Waals surface area contributed by atoms with Crippen LogP contribution in [-0.2, 0) is 4.79 Å². The molecular weight excluding hydrogens is 419 g/mol. The van der Waals surface area contributed by atoms with Crippen LogP contribution in [0.3, 0.4) is 0 Å². The number of hydrogen-bond donors (Lipinski definition) is 3. The Balaban J connectivity index is 0.00000364. The van der Waals surface area contributed by atoms with E-state index in [1.54, 1.807) is 24.3 Å². The zero-order valence-corrected chi connectivity index (χ0v) is 19.0. The number of nitrogens with one attached hydrogen (secondary N) is 3. The molecule has 1 heterocycles. The summed E-state index contributed by atoms with van der Waals surface area (Å²) in [5, 5.41) is 9.19. The predicted molar refractivity (Wildman–Crippen MR) is 123 cm³/mol. The summed E-state index contributed by atoms with van der Waals surface area (Å²) in [6, 6.07) is 7.29. The molecule has 0 aliphatic carbocycles. The highest BCUT2D eigenvalue weighted by atomic mass is 35.5. The number of amides is 2. The molecule has 0 radical (unpaired) electrons. The third-order valence-corrected chi connectivity index (χ3v) is 5.60. The molecule has 28 heavy (non-hydrogen) atoms. The van der Waals surface area contributed by atoms with Gasteiger partial charge in [-0.2, -0.15) is 11.8 Å². The molecule has 1 fully saturated rings. The Kier molecular flexibility index (Phi) is 14.4. The number of benzene rings is 1. The van der Waals surface area contributed by atoms with Crippen LogP contribution >= 0.6 is 36.6 Å². The van der Waals surface area contributed by atoms with Gasteiger partial charge in [-0.15, -0.1) is 24.8 Å². The normalized spacial score (nSPS) is 15.9. The lowest BCUT2D eigenvalue weighted by molar-refractivity contribution is -0.116. The van der Waals surface area contributed by atoms with Crippen molar-refractivity contribution in [3.05, 3.63) is 29.8 Å². The van der Waals surface area contributed by atoms with Gasteiger partial charge in [-0.05, 0) is 37.4 Å². The molecule has 1 atom stereocenters. The van der Waals surface area contributed by atoms with Crippen molar-refractivity contribution in [2.24, 2.45) is 0 Å². The maximum Gasteiger partial charge on any atom is 0.251 e. The molecule has 1 aromatic rings. The third kappa shape index (κ3) is 9.47. The second kappa shape index (κ2) is 14.9. The largest absolute Gasteiger partial charge is 0.351 e. The molecule has 0 spiro atoms. The van der Waals surface area contributed by atoms with Crippen LogP contribution in [0.1, 0.15) is 30.6 Å². The SMILES string of the molecule is CCN(CC)CCNC(=O)c1ccc(NC(=O)CC2CSCCN2)cc1.Cl.Cl. The van der Waals surface area contributed by atoms with Gasteiger partial charge in [0.1, 0.15) is 0 Å². The minimum Gasteiger partial charge on any atom is -0.351 e. The standard InChI is InChI=1S/C19H30N4O2S.2ClH/c1-3-23(4-2)11-9-21-19(25)15-5-7-16(8-6-15)22-18(24)13-17-14-26-12-10-20-17;;/h5-8,17,20H,3-4,9-14H2,1-2H3,(H,21,25)(H,22,24);2*1H. The number of carbonyl (C=O) groups is 2. The number of anilines is 1. The zero-order chi connectivity index (χ0) is 18.8. The average Bonchev–Trinajstić information content (AvgIpc) is 2.66. The van der Waals surface area contributed by atoms with Gasteiger partial charge in [0.15, 0.2) is 0 Å². The topological polar surface area (TPSA) is 73.5 Å². The maximum atomic E-state index is 12.2. The van der Waals surface area contributed by atoms with Gasteiger partial charge < -0.3 is 20.9 Å². The van der Waals surface area contributed by atoms with Crippen LogP contribution in [0.25, 0.3) is 0 Å². The fourth-order valence-corrected chi connectivity index (χ4v) is 3.81. The number of thioether (sulfide) groups is 1. The molecule has 9 heteroatoms. The van der Waals surface area contributed by atoms with Crippen LogP contribution in [0.2, 0.25) is 0 Å². The summed E-state index contributed by atoms with van der Waals surface area (Å²) in [4.78, 5) is 26.6. The Bertz CT molecular complexity index is 580. The summed E-state index contributed by atoms with van der Waals surface area (Å²) in [6.45, 7) is 8.63. The first-order chi connectivity index (χ1) is 12.6. The van der Waals surface area contributed by atoms with Crippen molar-refractivity contribution in [2.75, 3.05) is 49.5 Å². The number of rotatable bonds is 9. The first-order valence-electron chi connectivity index (χ1n) is 9.34. The summed E-state index contributed by atoms with van der Waals surface area (Å²) in [6.07, 6.45) is 0.473. The first-order valence-corrected chi connectivity index (χ1v) is 10.5. The van der Waals surface area contributed by atoms with Gasteiger partial charge in [0.25, 0.3) is 5.91 Å². The number of likely N-dealkylation sites (N-methyl/N-ethyl adjacent to an activating group) is 1. The van der Waals surface area contributed by atoms with Crippen molar-refractivity contribution >= 4 is 54.1 Å². The van der Waals surface area contributed by atoms with E-state index in [-0.39, 0.29) is 42.7 Å². The van der Waals surface area contributed by atoms with Crippen molar-refractivity contribution in [3.63, 3.8) is 0 Å². The quantitative estimate of drug-likeness (QED) is 0.539. The van der Waals surface area contributed by atoms with E-state index < -0.39 is 0 Å². The second-order valence-electron chi connectivity index (χ2n) is 6.34. The van der Waals surface area contributed by atoms with Crippen LogP contribution in [0, 0.1) is 0 Å². The third-order valence-electron chi connectivity index (χ3n) is 4.47. The molecule has 160 valence electrons. The molecule has 1 saturated heterocycles. The van der Waals surface area contributed by atoms with E-state index in [9.17, 15) is 9.59 Å². The molecule has 1 aliphatic rings. The van der Waals surface area contributed by atoms with Crippen molar-refractivity contribution in [2.45, 2.75) is 26.3 Å². The van der Waals surface area contributed by atoms with Crippen molar-refractivity contribution in [1.82, 2.24) is 15.5 Å². The molecule has 2 amide bonds. The summed E-state index contributed by atoms with van der Waals surface area (Å²) in [7, 11) is 0. The summed E-state index contributed by atoms with van der Waals surface area (Å²) in [5.41, 5.74) is 1.33. The highest BCUT2D eigenvalue weighted by Crippen LogP contribution is 2.13. The van der Waals surface area contributed by atoms with Gasteiger partial charge >= 0.3 is 0 Å². The van der Waals surface area contributed by atoms with Crippen LogP contribution in [0.15, 0.2) is 24.3 Å². The Labute approximate surface area is 184 Å². The van der Waals surface area contributed by atoms with E-state index in [4.69, 9.17) is 0 Å². The summed E-state index contributed by atoms with van der Waals surface area (Å²) >= 11 is 1.88. The Hall–Kier alpha value is -0.990. The van der Waals surface area contributed by atoms with E-state index in [0.717, 1.165) is 43.4 Å². The van der Waals surface area contributed by atoms with Crippen LogP contribution in [0.5, 0.6) is 0 Å². The minimum atomic E-state index is -0.0848. The fourth-order valence-electron chi connectivity index (χ4n) is 2.86. The lowest BCUT2D eigenvalue weighted by Gasteiger charge is -2.22. The lowest BCUT2D eigenvalue weighted by Crippen LogP contribution is -2.39. The maximum absolute atomic E-state index is 12.2. The number of hydrogen-bond acceptors (Lipinski definition) is 5. The molecule has 6 nitrogen and oxygen atoms in total. The smallest absolute Gasteiger partial charge is 0.251 e. The Morgan fingerprint density at radius 3 is 2.43 bits per heavy atom. The number of carbonyl (C=O) groups excluding carboxylic acids is 2. The molecule has 1 aromatic carbocycles. The highest BCUT2D eigenvalue weighted by Gasteiger charge is 2.16. The molecule has 0 aromatic heterocycles. The van der Waals surface area contributed by atoms with Crippen LogP contribution in [0.4, 0.5) is 5.69 Å². The monoisotopic (exact) mass is 450 g/mol. The lowest BCUT2D eigenvalue weighted by atomic mass is 10.1.